The van der Waals surface area contributed by atoms with Gasteiger partial charge in [-0.25, -0.2) is 4.85 Å². The molecule has 210 valence electrons. The Morgan fingerprint density at radius 3 is 1.41 bits per heavy atom. The summed E-state index contributed by atoms with van der Waals surface area (Å²) in [6, 6.07) is 34.8. The Morgan fingerprint density at radius 2 is 0.955 bits per heavy atom. The van der Waals surface area contributed by atoms with E-state index in [1.54, 1.807) is 0 Å². The van der Waals surface area contributed by atoms with Crippen LogP contribution in [0.25, 0.3) is 71.0 Å². The van der Waals surface area contributed by atoms with Crippen molar-refractivity contribution in [2.75, 3.05) is 0 Å². The topological polar surface area (TPSA) is 27.1 Å². The molecule has 0 aliphatic carbocycles. The van der Waals surface area contributed by atoms with Crippen LogP contribution in [0.1, 0.15) is 22.3 Å². The first-order valence-corrected chi connectivity index (χ1v) is 14.9. The van der Waals surface area contributed by atoms with E-state index in [0.29, 0.717) is 5.69 Å². The van der Waals surface area contributed by atoms with Crippen LogP contribution in [0.5, 0.6) is 0 Å². The summed E-state index contributed by atoms with van der Waals surface area (Å²) in [5.41, 5.74) is 14.1. The lowest BCUT2D eigenvalue weighted by molar-refractivity contribution is 1.14. The van der Waals surface area contributed by atoms with Crippen molar-refractivity contribution in [3.05, 3.63) is 143 Å². The van der Waals surface area contributed by atoms with Gasteiger partial charge in [0.15, 0.2) is 5.69 Å². The third-order valence-electron chi connectivity index (χ3n) is 8.84. The smallest absolute Gasteiger partial charge is 0.189 e. The molecule has 4 heteroatoms. The van der Waals surface area contributed by atoms with Gasteiger partial charge < -0.3 is 9.13 Å². The minimum absolute atomic E-state index is 0.604. The number of hydrogen-bond acceptors (Lipinski definition) is 1. The van der Waals surface area contributed by atoms with Gasteiger partial charge in [-0.15, -0.1) is 0 Å². The molecule has 0 N–H and O–H groups in total. The Balaban J connectivity index is 1.51. The van der Waals surface area contributed by atoms with E-state index in [1.165, 1.54) is 54.8 Å². The van der Waals surface area contributed by atoms with Crippen LogP contribution in [-0.2, 0) is 0 Å². The maximum absolute atomic E-state index is 7.91. The molecule has 5 aromatic carbocycles. The van der Waals surface area contributed by atoms with Gasteiger partial charge in [0.05, 0.1) is 34.3 Å². The number of fused-ring (bicyclic) bond motifs is 6. The number of nitrogens with zero attached hydrogens (tertiary/aromatic N) is 4. The lowest BCUT2D eigenvalue weighted by atomic mass is 10.0. The molecule has 0 saturated carbocycles. The van der Waals surface area contributed by atoms with Crippen molar-refractivity contribution in [2.24, 2.45) is 0 Å². The summed E-state index contributed by atoms with van der Waals surface area (Å²) in [7, 11) is 0. The van der Waals surface area contributed by atoms with Crippen LogP contribution in [0.15, 0.2) is 109 Å². The number of rotatable bonds is 3. The Labute approximate surface area is 256 Å². The summed E-state index contributed by atoms with van der Waals surface area (Å²) in [5, 5.41) is 4.85. The first-order chi connectivity index (χ1) is 21.4. The van der Waals surface area contributed by atoms with Crippen LogP contribution >= 0.6 is 0 Å². The van der Waals surface area contributed by atoms with Crippen molar-refractivity contribution in [3.8, 4) is 22.5 Å². The van der Waals surface area contributed by atoms with Crippen molar-refractivity contribution >= 4 is 49.3 Å². The molecule has 8 aromatic rings. The molecule has 8 rings (SSSR count). The van der Waals surface area contributed by atoms with Gasteiger partial charge in [0.1, 0.15) is 0 Å². The van der Waals surface area contributed by atoms with Crippen molar-refractivity contribution in [2.45, 2.75) is 27.7 Å². The summed E-state index contributed by atoms with van der Waals surface area (Å²) in [5.74, 6) is 0. The number of aryl methyl sites for hydroxylation is 4. The second-order valence-electron chi connectivity index (χ2n) is 12.0. The minimum Gasteiger partial charge on any atom is -0.310 e. The zero-order valence-electron chi connectivity index (χ0n) is 25.2. The monoisotopic (exact) mass is 566 g/mol. The molecule has 4 nitrogen and oxygen atoms in total. The molecule has 0 unspecified atom stereocenters. The lowest BCUT2D eigenvalue weighted by Crippen LogP contribution is -2.02. The van der Waals surface area contributed by atoms with Crippen LogP contribution in [-0.4, -0.2) is 14.1 Å². The molecule has 0 spiro atoms. The second kappa shape index (κ2) is 9.69. The molecule has 3 heterocycles. The van der Waals surface area contributed by atoms with Gasteiger partial charge in [0, 0.05) is 50.8 Å². The molecule has 0 bridgehead atoms. The van der Waals surface area contributed by atoms with E-state index in [4.69, 9.17) is 6.57 Å². The highest BCUT2D eigenvalue weighted by Gasteiger charge is 2.21. The van der Waals surface area contributed by atoms with Crippen LogP contribution in [0.3, 0.4) is 0 Å². The van der Waals surface area contributed by atoms with Gasteiger partial charge in [-0.05, 0) is 86.3 Å². The molecule has 0 radical (unpaired) electrons. The largest absolute Gasteiger partial charge is 0.310 e. The van der Waals surface area contributed by atoms with E-state index in [9.17, 15) is 0 Å². The van der Waals surface area contributed by atoms with Crippen molar-refractivity contribution in [1.82, 2.24) is 14.1 Å². The summed E-state index contributed by atoms with van der Waals surface area (Å²) in [6.45, 7) is 16.5. The van der Waals surface area contributed by atoms with Crippen molar-refractivity contribution in [1.29, 1.82) is 0 Å². The molecule has 0 atom stereocenters. The molecule has 0 amide bonds. The predicted octanol–water partition coefficient (Wildman–Crippen LogP) is 10.7. The zero-order valence-corrected chi connectivity index (χ0v) is 25.2. The number of pyridine rings is 1. The standard InChI is InChI=1S/C40H30N4/c1-24-6-11-29-30-12-7-25(2)19-37(30)43(36(29)18-24)35-16-17-42-23-34(35)33-15-10-28(41-5)22-40(33)44-38-20-26(3)8-13-31(38)32-14-9-27(4)21-39(32)44/h6-23H,1-4H3. The van der Waals surface area contributed by atoms with Gasteiger partial charge >= 0.3 is 0 Å². The van der Waals surface area contributed by atoms with E-state index in [2.05, 4.69) is 132 Å². The van der Waals surface area contributed by atoms with E-state index < -0.39 is 0 Å². The second-order valence-corrected chi connectivity index (χ2v) is 12.0. The van der Waals surface area contributed by atoms with E-state index in [1.807, 2.05) is 24.5 Å². The highest BCUT2D eigenvalue weighted by atomic mass is 15.0. The molecule has 0 fully saturated rings. The predicted molar refractivity (Wildman–Crippen MR) is 184 cm³/mol. The minimum atomic E-state index is 0.604. The Kier molecular flexibility index (Phi) is 5.73. The third kappa shape index (κ3) is 3.87. The molecule has 44 heavy (non-hydrogen) atoms. The van der Waals surface area contributed by atoms with Gasteiger partial charge in [0.25, 0.3) is 0 Å². The van der Waals surface area contributed by atoms with Crippen LogP contribution < -0.4 is 0 Å². The lowest BCUT2D eigenvalue weighted by Gasteiger charge is -2.19. The Morgan fingerprint density at radius 1 is 0.500 bits per heavy atom. The van der Waals surface area contributed by atoms with Gasteiger partial charge in [-0.3, -0.25) is 4.98 Å². The third-order valence-corrected chi connectivity index (χ3v) is 8.84. The molecular formula is C40H30N4. The maximum atomic E-state index is 7.91. The van der Waals surface area contributed by atoms with Crippen LogP contribution in [0, 0.1) is 34.3 Å². The summed E-state index contributed by atoms with van der Waals surface area (Å²) in [6.07, 6.45) is 3.85. The number of aromatic nitrogens is 3. The first kappa shape index (κ1) is 26.0. The average Bonchev–Trinajstić information content (AvgIpc) is 3.51. The number of benzene rings is 5. The first-order valence-electron chi connectivity index (χ1n) is 14.9. The SMILES string of the molecule is [C-]#[N+]c1ccc(-c2cnccc2-n2c3cc(C)ccc3c3ccc(C)cc32)c(-n2c3cc(C)ccc3c3ccc(C)cc32)c1. The normalized spacial score (nSPS) is 11.6. The molecular weight excluding hydrogens is 536 g/mol. The highest BCUT2D eigenvalue weighted by molar-refractivity contribution is 6.12. The fraction of sp³-hybridized carbons (Fsp3) is 0.100. The number of hydrogen-bond donors (Lipinski definition) is 0. The van der Waals surface area contributed by atoms with E-state index in [0.717, 1.165) is 33.5 Å². The average molecular weight is 567 g/mol. The zero-order chi connectivity index (χ0) is 30.1. The fourth-order valence-corrected chi connectivity index (χ4v) is 6.79. The summed E-state index contributed by atoms with van der Waals surface area (Å²) < 4.78 is 4.72. The van der Waals surface area contributed by atoms with Crippen molar-refractivity contribution < 1.29 is 0 Å². The summed E-state index contributed by atoms with van der Waals surface area (Å²) >= 11 is 0. The maximum Gasteiger partial charge on any atom is 0.189 e. The summed E-state index contributed by atoms with van der Waals surface area (Å²) in [4.78, 5) is 8.52. The molecule has 3 aromatic heterocycles. The van der Waals surface area contributed by atoms with Crippen LogP contribution in [0.4, 0.5) is 5.69 Å². The quantitative estimate of drug-likeness (QED) is 0.195. The van der Waals surface area contributed by atoms with Gasteiger partial charge in [-0.1, -0.05) is 60.7 Å². The fourth-order valence-electron chi connectivity index (χ4n) is 6.79. The molecule has 0 aliphatic rings. The van der Waals surface area contributed by atoms with E-state index in [-0.39, 0.29) is 0 Å². The van der Waals surface area contributed by atoms with Gasteiger partial charge in [-0.2, -0.15) is 0 Å². The highest BCUT2D eigenvalue weighted by Crippen LogP contribution is 2.42. The van der Waals surface area contributed by atoms with Gasteiger partial charge in [0.2, 0.25) is 0 Å². The Hall–Kier alpha value is -5.66. The van der Waals surface area contributed by atoms with Crippen LogP contribution in [0.2, 0.25) is 0 Å². The van der Waals surface area contributed by atoms with E-state index >= 15 is 0 Å². The van der Waals surface area contributed by atoms with Crippen molar-refractivity contribution in [3.63, 3.8) is 0 Å². The molecule has 0 aliphatic heterocycles. The Bertz CT molecular complexity index is 2380. The molecule has 0 saturated heterocycles.